The van der Waals surface area contributed by atoms with Crippen LogP contribution in [-0.2, 0) is 14.4 Å². The van der Waals surface area contributed by atoms with Gasteiger partial charge < -0.3 is 20.0 Å². The standard InChI is InChI=1S/C31H33FN4O3/c1-2-27(23-9-5-3-6-10-23)29(38)34-19-17-31(18-20-34)30(39)35(22-36(31)26-11-7-4-8-12-26)21-28(37)33-25-15-13-24(32)14-16-25/h3-16,27H,2,17-22H2,1H3,(H,33,37). The minimum absolute atomic E-state index is 0.0887. The first kappa shape index (κ1) is 26.4. The fraction of sp³-hybridized carbons (Fsp3) is 0.323. The Kier molecular flexibility index (Phi) is 7.63. The Balaban J connectivity index is 1.32. The number of nitrogens with one attached hydrogen (secondary N) is 1. The number of nitrogens with zero attached hydrogens (tertiary/aromatic N) is 3. The summed E-state index contributed by atoms with van der Waals surface area (Å²) in [7, 11) is 0. The van der Waals surface area contributed by atoms with E-state index in [1.807, 2.05) is 72.5 Å². The van der Waals surface area contributed by atoms with Gasteiger partial charge >= 0.3 is 0 Å². The molecular formula is C31H33FN4O3. The molecule has 0 aliphatic carbocycles. The maximum Gasteiger partial charge on any atom is 0.250 e. The maximum atomic E-state index is 13.9. The van der Waals surface area contributed by atoms with Gasteiger partial charge in [-0.05, 0) is 61.2 Å². The van der Waals surface area contributed by atoms with E-state index < -0.39 is 5.54 Å². The van der Waals surface area contributed by atoms with Crippen LogP contribution >= 0.6 is 0 Å². The van der Waals surface area contributed by atoms with Gasteiger partial charge in [-0.25, -0.2) is 4.39 Å². The molecule has 3 amide bonds. The van der Waals surface area contributed by atoms with Crippen LogP contribution in [0.15, 0.2) is 84.9 Å². The average Bonchev–Trinajstić information content (AvgIpc) is 3.22. The van der Waals surface area contributed by atoms with Gasteiger partial charge in [0.1, 0.15) is 17.9 Å². The Morgan fingerprint density at radius 2 is 1.54 bits per heavy atom. The zero-order valence-corrected chi connectivity index (χ0v) is 22.1. The number of anilines is 2. The lowest BCUT2D eigenvalue weighted by Gasteiger charge is -2.44. The molecule has 3 aromatic carbocycles. The molecule has 2 heterocycles. The number of amides is 3. The summed E-state index contributed by atoms with van der Waals surface area (Å²) in [5.41, 5.74) is 1.55. The van der Waals surface area contributed by atoms with Crippen molar-refractivity contribution in [3.8, 4) is 0 Å². The first-order valence-corrected chi connectivity index (χ1v) is 13.4. The van der Waals surface area contributed by atoms with Crippen LogP contribution in [0.3, 0.4) is 0 Å². The van der Waals surface area contributed by atoms with Gasteiger partial charge in [-0.15, -0.1) is 0 Å². The van der Waals surface area contributed by atoms with Gasteiger partial charge in [0.25, 0.3) is 5.91 Å². The first-order chi connectivity index (χ1) is 18.9. The average molecular weight is 529 g/mol. The molecule has 2 aliphatic heterocycles. The zero-order chi connectivity index (χ0) is 27.4. The summed E-state index contributed by atoms with van der Waals surface area (Å²) in [4.78, 5) is 45.8. The maximum absolute atomic E-state index is 13.9. The van der Waals surface area contributed by atoms with Gasteiger partial charge in [0, 0.05) is 24.5 Å². The molecule has 1 spiro atoms. The molecule has 39 heavy (non-hydrogen) atoms. The summed E-state index contributed by atoms with van der Waals surface area (Å²) in [6.07, 6.45) is 1.66. The molecule has 1 N–H and O–H groups in total. The minimum Gasteiger partial charge on any atom is -0.342 e. The van der Waals surface area contributed by atoms with Gasteiger partial charge in [0.2, 0.25) is 11.8 Å². The fourth-order valence-corrected chi connectivity index (χ4v) is 5.79. The lowest BCUT2D eigenvalue weighted by molar-refractivity contribution is -0.140. The van der Waals surface area contributed by atoms with E-state index in [0.29, 0.717) is 38.0 Å². The van der Waals surface area contributed by atoms with Gasteiger partial charge in [0.05, 0.1) is 12.6 Å². The number of carbonyl (C=O) groups is 3. The molecule has 2 fully saturated rings. The number of piperidine rings is 1. The number of carbonyl (C=O) groups excluding carboxylic acids is 3. The Labute approximate surface area is 228 Å². The molecule has 0 bridgehead atoms. The van der Waals surface area contributed by atoms with Crippen molar-refractivity contribution in [2.75, 3.05) is 36.5 Å². The number of hydrogen-bond donors (Lipinski definition) is 1. The highest BCUT2D eigenvalue weighted by atomic mass is 19.1. The van der Waals surface area contributed by atoms with Crippen molar-refractivity contribution < 1.29 is 18.8 Å². The van der Waals surface area contributed by atoms with Crippen molar-refractivity contribution in [2.45, 2.75) is 37.6 Å². The van der Waals surface area contributed by atoms with Gasteiger partial charge in [-0.1, -0.05) is 55.5 Å². The minimum atomic E-state index is -0.831. The van der Waals surface area contributed by atoms with E-state index in [9.17, 15) is 18.8 Å². The largest absolute Gasteiger partial charge is 0.342 e. The predicted octanol–water partition coefficient (Wildman–Crippen LogP) is 4.63. The Hall–Kier alpha value is -4.20. The van der Waals surface area contributed by atoms with Crippen LogP contribution in [0.25, 0.3) is 0 Å². The molecule has 8 heteroatoms. The SMILES string of the molecule is CCC(C(=O)N1CCC2(CC1)C(=O)N(CC(=O)Nc1ccc(F)cc1)CN2c1ccccc1)c1ccccc1. The Morgan fingerprint density at radius 1 is 0.923 bits per heavy atom. The molecule has 0 aromatic heterocycles. The van der Waals surface area contributed by atoms with Crippen molar-refractivity contribution in [3.05, 3.63) is 96.3 Å². The number of rotatable bonds is 7. The van der Waals surface area contributed by atoms with Crippen LogP contribution < -0.4 is 10.2 Å². The summed E-state index contributed by atoms with van der Waals surface area (Å²) >= 11 is 0. The van der Waals surface area contributed by atoms with Crippen LogP contribution in [0.1, 0.15) is 37.7 Å². The van der Waals surface area contributed by atoms with Crippen LogP contribution in [0, 0.1) is 5.82 Å². The van der Waals surface area contributed by atoms with Crippen molar-refractivity contribution in [1.82, 2.24) is 9.80 Å². The van der Waals surface area contributed by atoms with E-state index in [-0.39, 0.29) is 42.7 Å². The highest BCUT2D eigenvalue weighted by molar-refractivity contribution is 5.99. The number of halogens is 1. The third kappa shape index (κ3) is 5.37. The quantitative estimate of drug-likeness (QED) is 0.486. The summed E-state index contributed by atoms with van der Waals surface area (Å²) in [5.74, 6) is -0.965. The highest BCUT2D eigenvalue weighted by Crippen LogP contribution is 2.40. The molecule has 2 saturated heterocycles. The lowest BCUT2D eigenvalue weighted by Crippen LogP contribution is -2.57. The number of likely N-dealkylation sites (tertiary alicyclic amines) is 1. The second kappa shape index (κ2) is 11.3. The summed E-state index contributed by atoms with van der Waals surface area (Å²) < 4.78 is 13.2. The van der Waals surface area contributed by atoms with Crippen molar-refractivity contribution >= 4 is 29.1 Å². The van der Waals surface area contributed by atoms with Crippen LogP contribution in [0.4, 0.5) is 15.8 Å². The second-order valence-corrected chi connectivity index (χ2v) is 10.2. The van der Waals surface area contributed by atoms with Crippen molar-refractivity contribution in [3.63, 3.8) is 0 Å². The zero-order valence-electron chi connectivity index (χ0n) is 22.1. The van der Waals surface area contributed by atoms with Gasteiger partial charge in [0.15, 0.2) is 0 Å². The van der Waals surface area contributed by atoms with Gasteiger partial charge in [-0.2, -0.15) is 0 Å². The first-order valence-electron chi connectivity index (χ1n) is 13.4. The van der Waals surface area contributed by atoms with Crippen LogP contribution in [0.5, 0.6) is 0 Å². The highest BCUT2D eigenvalue weighted by Gasteiger charge is 2.54. The monoisotopic (exact) mass is 528 g/mol. The smallest absolute Gasteiger partial charge is 0.250 e. The van der Waals surface area contributed by atoms with Crippen LogP contribution in [0.2, 0.25) is 0 Å². The number of para-hydroxylation sites is 1. The molecule has 202 valence electrons. The molecular weight excluding hydrogens is 495 g/mol. The normalized spacial score (nSPS) is 17.4. The van der Waals surface area contributed by atoms with E-state index >= 15 is 0 Å². The molecule has 1 unspecified atom stereocenters. The second-order valence-electron chi connectivity index (χ2n) is 10.2. The Bertz CT molecular complexity index is 1310. The summed E-state index contributed by atoms with van der Waals surface area (Å²) in [6.45, 7) is 3.11. The molecule has 1 atom stereocenters. The van der Waals surface area contributed by atoms with E-state index in [2.05, 4.69) is 10.2 Å². The lowest BCUT2D eigenvalue weighted by atomic mass is 9.84. The van der Waals surface area contributed by atoms with Crippen LogP contribution in [-0.4, -0.2) is 59.4 Å². The van der Waals surface area contributed by atoms with Crippen molar-refractivity contribution in [2.24, 2.45) is 0 Å². The molecule has 7 nitrogen and oxygen atoms in total. The van der Waals surface area contributed by atoms with E-state index in [4.69, 9.17) is 0 Å². The molecule has 0 saturated carbocycles. The topological polar surface area (TPSA) is 73.0 Å². The number of hydrogen-bond acceptors (Lipinski definition) is 4. The Morgan fingerprint density at radius 3 is 2.15 bits per heavy atom. The molecule has 3 aromatic rings. The molecule has 0 radical (unpaired) electrons. The third-order valence-corrected chi connectivity index (χ3v) is 7.85. The third-order valence-electron chi connectivity index (χ3n) is 7.85. The predicted molar refractivity (Wildman–Crippen MR) is 149 cm³/mol. The molecule has 2 aliphatic rings. The number of benzene rings is 3. The van der Waals surface area contributed by atoms with E-state index in [0.717, 1.165) is 11.3 Å². The molecule has 5 rings (SSSR count). The van der Waals surface area contributed by atoms with E-state index in [1.165, 1.54) is 24.3 Å². The fourth-order valence-electron chi connectivity index (χ4n) is 5.79. The summed E-state index contributed by atoms with van der Waals surface area (Å²) in [5, 5.41) is 2.75. The van der Waals surface area contributed by atoms with Crippen molar-refractivity contribution in [1.29, 1.82) is 0 Å². The van der Waals surface area contributed by atoms with Gasteiger partial charge in [-0.3, -0.25) is 14.4 Å². The van der Waals surface area contributed by atoms with E-state index in [1.54, 1.807) is 4.90 Å². The summed E-state index contributed by atoms with van der Waals surface area (Å²) in [6, 6.07) is 25.1.